The lowest BCUT2D eigenvalue weighted by atomic mass is 9.97. The van der Waals surface area contributed by atoms with Crippen LogP contribution in [-0.2, 0) is 0 Å². The molecule has 2 aromatic heterocycles. The summed E-state index contributed by atoms with van der Waals surface area (Å²) in [4.78, 5) is 9.94. The molecule has 0 saturated heterocycles. The van der Waals surface area contributed by atoms with Crippen molar-refractivity contribution < 1.29 is 4.42 Å². The summed E-state index contributed by atoms with van der Waals surface area (Å²) >= 11 is 0. The number of rotatable bonds is 4. The highest BCUT2D eigenvalue weighted by molar-refractivity contribution is 6.09. The van der Waals surface area contributed by atoms with Crippen LogP contribution in [0.1, 0.15) is 0 Å². The van der Waals surface area contributed by atoms with E-state index in [0.717, 1.165) is 77.7 Å². The maximum Gasteiger partial charge on any atom is 0.160 e. The van der Waals surface area contributed by atoms with Gasteiger partial charge in [0.2, 0.25) is 0 Å². The van der Waals surface area contributed by atoms with Gasteiger partial charge in [0.1, 0.15) is 11.2 Å². The van der Waals surface area contributed by atoms with Gasteiger partial charge in [-0.3, -0.25) is 0 Å². The van der Waals surface area contributed by atoms with E-state index >= 15 is 0 Å². The molecule has 0 aliphatic rings. The van der Waals surface area contributed by atoms with Crippen LogP contribution in [0, 0.1) is 0 Å². The van der Waals surface area contributed by atoms with Gasteiger partial charge in [0.25, 0.3) is 0 Å². The predicted octanol–water partition coefficient (Wildman–Crippen LogP) is 10.2. The normalized spacial score (nSPS) is 11.4. The fraction of sp³-hybridized carbons (Fsp3) is 0. The van der Waals surface area contributed by atoms with Crippen molar-refractivity contribution in [3.8, 4) is 44.9 Å². The monoisotopic (exact) mass is 524 g/mol. The van der Waals surface area contributed by atoms with E-state index in [1.54, 1.807) is 0 Å². The molecule has 3 heteroatoms. The summed E-state index contributed by atoms with van der Waals surface area (Å²) in [6, 6.07) is 50.3. The molecular formula is C38H24N2O. The Morgan fingerprint density at radius 1 is 0.415 bits per heavy atom. The van der Waals surface area contributed by atoms with Crippen LogP contribution in [0.2, 0.25) is 0 Å². The standard InChI is InChI=1S/C38H24N2O/c1-2-10-26(11-3-1)36-33-15-4-6-18-34(33)39-38(40-36)27-22-20-25(21-23-27)28-12-8-13-29(24-28)30-16-9-17-32-31-14-5-7-19-35(31)41-37(30)32/h1-24H. The molecule has 0 aliphatic carbocycles. The Kier molecular flexibility index (Phi) is 5.46. The van der Waals surface area contributed by atoms with Crippen LogP contribution in [0.25, 0.3) is 77.7 Å². The molecule has 0 N–H and O–H groups in total. The maximum atomic E-state index is 6.31. The van der Waals surface area contributed by atoms with Crippen molar-refractivity contribution in [1.82, 2.24) is 9.97 Å². The number of furan rings is 1. The zero-order valence-corrected chi connectivity index (χ0v) is 22.2. The minimum atomic E-state index is 0.722. The first-order valence-electron chi connectivity index (χ1n) is 13.8. The number of aromatic nitrogens is 2. The Balaban J connectivity index is 1.18. The second kappa shape index (κ2) is 9.58. The Morgan fingerprint density at radius 3 is 1.95 bits per heavy atom. The molecule has 0 spiro atoms. The van der Waals surface area contributed by atoms with Gasteiger partial charge in [0, 0.05) is 32.8 Å². The van der Waals surface area contributed by atoms with Crippen molar-refractivity contribution in [1.29, 1.82) is 0 Å². The van der Waals surface area contributed by atoms with E-state index in [4.69, 9.17) is 14.4 Å². The van der Waals surface area contributed by atoms with E-state index in [1.807, 2.05) is 42.5 Å². The van der Waals surface area contributed by atoms with E-state index in [2.05, 4.69) is 103 Å². The van der Waals surface area contributed by atoms with E-state index in [9.17, 15) is 0 Å². The molecule has 0 fully saturated rings. The number of hydrogen-bond acceptors (Lipinski definition) is 3. The van der Waals surface area contributed by atoms with E-state index in [1.165, 1.54) is 0 Å². The van der Waals surface area contributed by atoms with Crippen LogP contribution in [0.5, 0.6) is 0 Å². The minimum Gasteiger partial charge on any atom is -0.455 e. The Labute approximate surface area is 237 Å². The van der Waals surface area contributed by atoms with E-state index in [-0.39, 0.29) is 0 Å². The van der Waals surface area contributed by atoms with Gasteiger partial charge in [-0.05, 0) is 34.9 Å². The van der Waals surface area contributed by atoms with Crippen LogP contribution in [0.4, 0.5) is 0 Å². The van der Waals surface area contributed by atoms with Gasteiger partial charge in [-0.1, -0.05) is 127 Å². The zero-order valence-electron chi connectivity index (χ0n) is 22.2. The Morgan fingerprint density at radius 2 is 1.07 bits per heavy atom. The molecule has 0 atom stereocenters. The molecule has 0 unspecified atom stereocenters. The topological polar surface area (TPSA) is 38.9 Å². The second-order valence-corrected chi connectivity index (χ2v) is 10.2. The molecule has 0 amide bonds. The lowest BCUT2D eigenvalue weighted by molar-refractivity contribution is 0.670. The summed E-state index contributed by atoms with van der Waals surface area (Å²) in [5.74, 6) is 0.722. The number of fused-ring (bicyclic) bond motifs is 4. The van der Waals surface area contributed by atoms with Gasteiger partial charge in [0.15, 0.2) is 5.82 Å². The number of para-hydroxylation sites is 3. The lowest BCUT2D eigenvalue weighted by Gasteiger charge is -2.10. The summed E-state index contributed by atoms with van der Waals surface area (Å²) in [7, 11) is 0. The van der Waals surface area contributed by atoms with E-state index in [0.29, 0.717) is 0 Å². The largest absolute Gasteiger partial charge is 0.455 e. The van der Waals surface area contributed by atoms with Crippen molar-refractivity contribution >= 4 is 32.8 Å². The minimum absolute atomic E-state index is 0.722. The molecular weight excluding hydrogens is 500 g/mol. The summed E-state index contributed by atoms with van der Waals surface area (Å²) in [6.45, 7) is 0. The molecule has 2 heterocycles. The lowest BCUT2D eigenvalue weighted by Crippen LogP contribution is -1.95. The van der Waals surface area contributed by atoms with Crippen LogP contribution in [0.15, 0.2) is 150 Å². The van der Waals surface area contributed by atoms with Gasteiger partial charge in [0.05, 0.1) is 11.2 Å². The van der Waals surface area contributed by atoms with E-state index < -0.39 is 0 Å². The molecule has 6 aromatic carbocycles. The second-order valence-electron chi connectivity index (χ2n) is 10.2. The van der Waals surface area contributed by atoms with Crippen molar-refractivity contribution in [2.24, 2.45) is 0 Å². The molecule has 41 heavy (non-hydrogen) atoms. The molecule has 3 nitrogen and oxygen atoms in total. The average molecular weight is 525 g/mol. The van der Waals surface area contributed by atoms with Gasteiger partial charge in [-0.25, -0.2) is 9.97 Å². The molecule has 0 aliphatic heterocycles. The quantitative estimate of drug-likeness (QED) is 0.230. The molecule has 0 radical (unpaired) electrons. The fourth-order valence-corrected chi connectivity index (χ4v) is 5.67. The summed E-state index contributed by atoms with van der Waals surface area (Å²) in [5.41, 5.74) is 10.3. The van der Waals surface area contributed by atoms with Crippen LogP contribution in [-0.4, -0.2) is 9.97 Å². The molecule has 192 valence electrons. The fourth-order valence-electron chi connectivity index (χ4n) is 5.67. The smallest absolute Gasteiger partial charge is 0.160 e. The zero-order chi connectivity index (χ0) is 27.2. The highest BCUT2D eigenvalue weighted by atomic mass is 16.3. The maximum absolute atomic E-state index is 6.31. The third-order valence-corrected chi connectivity index (χ3v) is 7.70. The van der Waals surface area contributed by atoms with Crippen molar-refractivity contribution in [3.63, 3.8) is 0 Å². The van der Waals surface area contributed by atoms with Gasteiger partial charge < -0.3 is 4.42 Å². The molecule has 8 aromatic rings. The summed E-state index contributed by atoms with van der Waals surface area (Å²) in [5, 5.41) is 3.33. The molecule has 0 saturated carbocycles. The van der Waals surface area contributed by atoms with Gasteiger partial charge in [-0.2, -0.15) is 0 Å². The Bertz CT molecular complexity index is 2200. The number of hydrogen-bond donors (Lipinski definition) is 0. The highest BCUT2D eigenvalue weighted by Gasteiger charge is 2.14. The third kappa shape index (κ3) is 4.07. The van der Waals surface area contributed by atoms with Gasteiger partial charge >= 0.3 is 0 Å². The molecule has 0 bridgehead atoms. The first-order chi connectivity index (χ1) is 20.3. The third-order valence-electron chi connectivity index (χ3n) is 7.70. The first kappa shape index (κ1) is 23.4. The number of nitrogens with zero attached hydrogens (tertiary/aromatic N) is 2. The highest BCUT2D eigenvalue weighted by Crippen LogP contribution is 2.37. The molecule has 8 rings (SSSR count). The van der Waals surface area contributed by atoms with Crippen molar-refractivity contribution in [3.05, 3.63) is 146 Å². The predicted molar refractivity (Wildman–Crippen MR) is 169 cm³/mol. The van der Waals surface area contributed by atoms with Crippen LogP contribution in [0.3, 0.4) is 0 Å². The average Bonchev–Trinajstić information content (AvgIpc) is 3.44. The van der Waals surface area contributed by atoms with Crippen LogP contribution < -0.4 is 0 Å². The first-order valence-corrected chi connectivity index (χ1v) is 13.8. The van der Waals surface area contributed by atoms with Crippen molar-refractivity contribution in [2.45, 2.75) is 0 Å². The van der Waals surface area contributed by atoms with Crippen molar-refractivity contribution in [2.75, 3.05) is 0 Å². The van der Waals surface area contributed by atoms with Gasteiger partial charge in [-0.15, -0.1) is 0 Å². The van der Waals surface area contributed by atoms with Crippen LogP contribution >= 0.6 is 0 Å². The number of benzene rings is 6. The Hall–Kier alpha value is -5.54. The SMILES string of the molecule is c1ccc(-c2nc(-c3ccc(-c4cccc(-c5cccc6c5oc5ccccc56)c4)cc3)nc3ccccc23)cc1. The summed E-state index contributed by atoms with van der Waals surface area (Å²) in [6.07, 6.45) is 0. The summed E-state index contributed by atoms with van der Waals surface area (Å²) < 4.78 is 6.31.